The van der Waals surface area contributed by atoms with Gasteiger partial charge in [-0.15, -0.1) is 0 Å². The van der Waals surface area contributed by atoms with Crippen LogP contribution < -0.4 is 4.90 Å². The van der Waals surface area contributed by atoms with Crippen LogP contribution in [0.2, 0.25) is 0 Å². The molecule has 96 valence electrons. The summed E-state index contributed by atoms with van der Waals surface area (Å²) >= 11 is 0. The van der Waals surface area contributed by atoms with Crippen LogP contribution in [0, 0.1) is 5.92 Å². The largest absolute Gasteiger partial charge is 0.465 e. The van der Waals surface area contributed by atoms with Gasteiger partial charge >= 0.3 is 5.97 Å². The summed E-state index contributed by atoms with van der Waals surface area (Å²) < 4.78 is 10.0. The maximum absolute atomic E-state index is 11.3. The Morgan fingerprint density at radius 3 is 2.72 bits per heavy atom. The summed E-state index contributed by atoms with van der Waals surface area (Å²) in [4.78, 5) is 13.7. The molecule has 2 aliphatic rings. The first-order valence-corrected chi connectivity index (χ1v) is 6.33. The van der Waals surface area contributed by atoms with Crippen LogP contribution in [0.4, 0.5) is 5.69 Å². The Morgan fingerprint density at radius 1 is 1.39 bits per heavy atom. The van der Waals surface area contributed by atoms with Crippen LogP contribution in [-0.4, -0.2) is 38.9 Å². The van der Waals surface area contributed by atoms with Crippen LogP contribution in [0.25, 0.3) is 0 Å². The fourth-order valence-corrected chi connectivity index (χ4v) is 2.58. The number of anilines is 1. The lowest BCUT2D eigenvalue weighted by atomic mass is 10.1. The summed E-state index contributed by atoms with van der Waals surface area (Å²) in [5, 5.41) is 0. The first-order chi connectivity index (χ1) is 8.78. The second-order valence-electron chi connectivity index (χ2n) is 4.91. The molecule has 2 aliphatic heterocycles. The van der Waals surface area contributed by atoms with Crippen LogP contribution >= 0.6 is 0 Å². The van der Waals surface area contributed by atoms with Crippen LogP contribution in [-0.2, 0) is 9.47 Å². The molecular formula is C14H17NO3. The van der Waals surface area contributed by atoms with Crippen molar-refractivity contribution in [3.63, 3.8) is 0 Å². The van der Waals surface area contributed by atoms with Gasteiger partial charge in [-0.1, -0.05) is 0 Å². The Bertz CT molecular complexity index is 439. The number of carbonyl (C=O) groups is 1. The van der Waals surface area contributed by atoms with Gasteiger partial charge in [-0.25, -0.2) is 4.79 Å². The van der Waals surface area contributed by atoms with E-state index in [4.69, 9.17) is 4.74 Å². The number of carbonyl (C=O) groups excluding carboxylic acids is 1. The maximum atomic E-state index is 11.3. The van der Waals surface area contributed by atoms with Crippen molar-refractivity contribution in [3.8, 4) is 0 Å². The summed E-state index contributed by atoms with van der Waals surface area (Å²) in [5.74, 6) is 0.387. The molecule has 0 amide bonds. The highest BCUT2D eigenvalue weighted by atomic mass is 16.6. The third-order valence-corrected chi connectivity index (χ3v) is 3.76. The van der Waals surface area contributed by atoms with Gasteiger partial charge in [0.05, 0.1) is 25.4 Å². The van der Waals surface area contributed by atoms with E-state index in [9.17, 15) is 4.79 Å². The van der Waals surface area contributed by atoms with E-state index < -0.39 is 0 Å². The molecular weight excluding hydrogens is 230 g/mol. The smallest absolute Gasteiger partial charge is 0.337 e. The Kier molecular flexibility index (Phi) is 2.96. The first-order valence-electron chi connectivity index (χ1n) is 6.33. The third-order valence-electron chi connectivity index (χ3n) is 3.76. The molecule has 2 atom stereocenters. The molecule has 4 nitrogen and oxygen atoms in total. The number of methoxy groups -OCH3 is 1. The minimum absolute atomic E-state index is 0.285. The summed E-state index contributed by atoms with van der Waals surface area (Å²) in [6, 6.07) is 7.62. The highest BCUT2D eigenvalue weighted by molar-refractivity contribution is 5.89. The van der Waals surface area contributed by atoms with Crippen molar-refractivity contribution in [1.29, 1.82) is 0 Å². The fourth-order valence-electron chi connectivity index (χ4n) is 2.58. The molecule has 2 saturated heterocycles. The van der Waals surface area contributed by atoms with Crippen molar-refractivity contribution in [1.82, 2.24) is 0 Å². The quantitative estimate of drug-likeness (QED) is 0.602. The number of benzene rings is 1. The number of hydrogen-bond acceptors (Lipinski definition) is 4. The van der Waals surface area contributed by atoms with Crippen LogP contribution in [0.3, 0.4) is 0 Å². The molecule has 1 unspecified atom stereocenters. The highest BCUT2D eigenvalue weighted by Gasteiger charge is 2.37. The molecule has 0 saturated carbocycles. The van der Waals surface area contributed by atoms with Crippen LogP contribution in [0.5, 0.6) is 0 Å². The van der Waals surface area contributed by atoms with Crippen molar-refractivity contribution in [3.05, 3.63) is 29.8 Å². The topological polar surface area (TPSA) is 42.1 Å². The van der Waals surface area contributed by atoms with E-state index >= 15 is 0 Å². The number of epoxide rings is 1. The second kappa shape index (κ2) is 4.61. The number of rotatable bonds is 3. The molecule has 3 rings (SSSR count). The molecule has 18 heavy (non-hydrogen) atoms. The average Bonchev–Trinajstić information content (AvgIpc) is 3.16. The lowest BCUT2D eigenvalue weighted by Gasteiger charge is -2.18. The van der Waals surface area contributed by atoms with Crippen LogP contribution in [0.15, 0.2) is 24.3 Å². The lowest BCUT2D eigenvalue weighted by Crippen LogP contribution is -2.21. The molecule has 1 aromatic carbocycles. The Labute approximate surface area is 106 Å². The van der Waals surface area contributed by atoms with E-state index in [1.807, 2.05) is 24.3 Å². The minimum atomic E-state index is -0.285. The van der Waals surface area contributed by atoms with Crippen molar-refractivity contribution >= 4 is 11.7 Å². The van der Waals surface area contributed by atoms with Crippen molar-refractivity contribution in [2.75, 3.05) is 31.7 Å². The average molecular weight is 247 g/mol. The molecule has 2 fully saturated rings. The predicted octanol–water partition coefficient (Wildman–Crippen LogP) is 1.70. The summed E-state index contributed by atoms with van der Waals surface area (Å²) in [6.07, 6.45) is 1.69. The zero-order chi connectivity index (χ0) is 12.5. The SMILES string of the molecule is COC(=O)c1ccc(N2CC[C@@H](C3CO3)C2)cc1. The molecule has 1 aromatic rings. The molecule has 0 radical (unpaired) electrons. The van der Waals surface area contributed by atoms with Gasteiger partial charge in [-0.3, -0.25) is 0 Å². The molecule has 0 bridgehead atoms. The maximum Gasteiger partial charge on any atom is 0.337 e. The van der Waals surface area contributed by atoms with Gasteiger partial charge in [0.1, 0.15) is 0 Å². The summed E-state index contributed by atoms with van der Waals surface area (Å²) in [5.41, 5.74) is 1.77. The number of nitrogens with zero attached hydrogens (tertiary/aromatic N) is 1. The molecule has 0 aliphatic carbocycles. The number of esters is 1. The highest BCUT2D eigenvalue weighted by Crippen LogP contribution is 2.31. The standard InChI is InChI=1S/C14H17NO3/c1-17-14(16)10-2-4-12(5-3-10)15-7-6-11(8-15)13-9-18-13/h2-5,11,13H,6-9H2,1H3/t11-,13?/m1/s1. The summed E-state index contributed by atoms with van der Waals surface area (Å²) in [6.45, 7) is 3.06. The van der Waals surface area contributed by atoms with Gasteiger partial charge in [0, 0.05) is 24.7 Å². The third kappa shape index (κ3) is 2.20. The molecule has 4 heteroatoms. The van der Waals surface area contributed by atoms with Gasteiger partial charge in [0.2, 0.25) is 0 Å². The van der Waals surface area contributed by atoms with E-state index in [0.29, 0.717) is 17.6 Å². The van der Waals surface area contributed by atoms with E-state index in [2.05, 4.69) is 9.64 Å². The Balaban J connectivity index is 1.67. The summed E-state index contributed by atoms with van der Waals surface area (Å²) in [7, 11) is 1.40. The van der Waals surface area contributed by atoms with Gasteiger partial charge < -0.3 is 14.4 Å². The normalized spacial score (nSPS) is 26.2. The predicted molar refractivity (Wildman–Crippen MR) is 67.8 cm³/mol. The van der Waals surface area contributed by atoms with Gasteiger partial charge in [0.15, 0.2) is 0 Å². The molecule has 0 spiro atoms. The van der Waals surface area contributed by atoms with Crippen molar-refractivity contribution < 1.29 is 14.3 Å². The zero-order valence-electron chi connectivity index (χ0n) is 10.5. The van der Waals surface area contributed by atoms with E-state index in [1.165, 1.54) is 19.2 Å². The lowest BCUT2D eigenvalue weighted by molar-refractivity contribution is 0.0601. The Morgan fingerprint density at radius 2 is 2.11 bits per heavy atom. The molecule has 2 heterocycles. The monoisotopic (exact) mass is 247 g/mol. The Hall–Kier alpha value is -1.55. The van der Waals surface area contributed by atoms with Gasteiger partial charge in [-0.2, -0.15) is 0 Å². The number of hydrogen-bond donors (Lipinski definition) is 0. The fraction of sp³-hybridized carbons (Fsp3) is 0.500. The van der Waals surface area contributed by atoms with Crippen molar-refractivity contribution in [2.45, 2.75) is 12.5 Å². The number of ether oxygens (including phenoxy) is 2. The zero-order valence-corrected chi connectivity index (χ0v) is 10.5. The second-order valence-corrected chi connectivity index (χ2v) is 4.91. The first kappa shape index (κ1) is 11.5. The van der Waals surface area contributed by atoms with E-state index in [0.717, 1.165) is 19.7 Å². The van der Waals surface area contributed by atoms with E-state index in [1.54, 1.807) is 0 Å². The molecule has 0 aromatic heterocycles. The van der Waals surface area contributed by atoms with Crippen molar-refractivity contribution in [2.24, 2.45) is 5.92 Å². The van der Waals surface area contributed by atoms with E-state index in [-0.39, 0.29) is 5.97 Å². The van der Waals surface area contributed by atoms with Gasteiger partial charge in [-0.05, 0) is 30.7 Å². The molecule has 0 N–H and O–H groups in total. The van der Waals surface area contributed by atoms with Crippen LogP contribution in [0.1, 0.15) is 16.8 Å². The minimum Gasteiger partial charge on any atom is -0.465 e. The van der Waals surface area contributed by atoms with Gasteiger partial charge in [0.25, 0.3) is 0 Å².